The van der Waals surface area contributed by atoms with Gasteiger partial charge in [0.15, 0.2) is 0 Å². The van der Waals surface area contributed by atoms with Crippen LogP contribution in [0.1, 0.15) is 41.6 Å². The van der Waals surface area contributed by atoms with Crippen molar-refractivity contribution in [3.63, 3.8) is 0 Å². The minimum absolute atomic E-state index is 0.0897. The molecule has 132 valence electrons. The number of carbonyl (C=O) groups excluding carboxylic acids is 1. The van der Waals surface area contributed by atoms with E-state index in [0.717, 1.165) is 50.4 Å². The predicted molar refractivity (Wildman–Crippen MR) is 96.7 cm³/mol. The SMILES string of the molecule is Cc1cnn(C[C@H]2CCCN2C(=O)c2ccc(N3CCCC3)nc2)c1. The van der Waals surface area contributed by atoms with E-state index in [2.05, 4.69) is 15.0 Å². The molecule has 4 heterocycles. The summed E-state index contributed by atoms with van der Waals surface area (Å²) in [6, 6.07) is 4.13. The van der Waals surface area contributed by atoms with E-state index in [4.69, 9.17) is 0 Å². The number of anilines is 1. The molecule has 1 amide bonds. The first kappa shape index (κ1) is 16.1. The van der Waals surface area contributed by atoms with Crippen LogP contribution >= 0.6 is 0 Å². The lowest BCUT2D eigenvalue weighted by molar-refractivity contribution is 0.0721. The Morgan fingerprint density at radius 1 is 1.16 bits per heavy atom. The van der Waals surface area contributed by atoms with E-state index in [1.54, 1.807) is 6.20 Å². The molecule has 0 N–H and O–H groups in total. The highest BCUT2D eigenvalue weighted by Gasteiger charge is 2.30. The first-order chi connectivity index (χ1) is 12.2. The second-order valence-corrected chi connectivity index (χ2v) is 7.13. The van der Waals surface area contributed by atoms with Crippen LogP contribution in [0.25, 0.3) is 0 Å². The van der Waals surface area contributed by atoms with Gasteiger partial charge in [0, 0.05) is 32.0 Å². The molecule has 0 spiro atoms. The van der Waals surface area contributed by atoms with Gasteiger partial charge < -0.3 is 9.80 Å². The molecule has 0 aromatic carbocycles. The molecule has 25 heavy (non-hydrogen) atoms. The smallest absolute Gasteiger partial charge is 0.255 e. The zero-order valence-corrected chi connectivity index (χ0v) is 14.8. The molecular weight excluding hydrogens is 314 g/mol. The summed E-state index contributed by atoms with van der Waals surface area (Å²) in [6.07, 6.45) is 10.2. The van der Waals surface area contributed by atoms with Gasteiger partial charge in [0.05, 0.1) is 24.3 Å². The van der Waals surface area contributed by atoms with Crippen LogP contribution < -0.4 is 4.90 Å². The number of pyridine rings is 1. The summed E-state index contributed by atoms with van der Waals surface area (Å²) in [5.41, 5.74) is 1.84. The molecule has 2 aromatic rings. The topological polar surface area (TPSA) is 54.3 Å². The van der Waals surface area contributed by atoms with E-state index in [-0.39, 0.29) is 11.9 Å². The van der Waals surface area contributed by atoms with Crippen molar-refractivity contribution >= 4 is 11.7 Å². The van der Waals surface area contributed by atoms with Crippen molar-refractivity contribution in [3.8, 4) is 0 Å². The quantitative estimate of drug-likeness (QED) is 0.859. The van der Waals surface area contributed by atoms with Crippen molar-refractivity contribution in [3.05, 3.63) is 41.9 Å². The van der Waals surface area contributed by atoms with E-state index in [9.17, 15) is 4.79 Å². The van der Waals surface area contributed by atoms with Gasteiger partial charge in [-0.2, -0.15) is 5.10 Å². The number of rotatable bonds is 4. The highest BCUT2D eigenvalue weighted by atomic mass is 16.2. The summed E-state index contributed by atoms with van der Waals surface area (Å²) in [7, 11) is 0. The maximum absolute atomic E-state index is 12.9. The summed E-state index contributed by atoms with van der Waals surface area (Å²) in [6.45, 7) is 5.75. The molecule has 0 radical (unpaired) electrons. The van der Waals surface area contributed by atoms with Gasteiger partial charge in [-0.15, -0.1) is 0 Å². The fraction of sp³-hybridized carbons (Fsp3) is 0.526. The molecule has 0 unspecified atom stereocenters. The Bertz CT molecular complexity index is 733. The summed E-state index contributed by atoms with van der Waals surface area (Å²) < 4.78 is 1.94. The third kappa shape index (κ3) is 3.38. The third-order valence-electron chi connectivity index (χ3n) is 5.22. The van der Waals surface area contributed by atoms with Gasteiger partial charge in [0.1, 0.15) is 5.82 Å². The van der Waals surface area contributed by atoms with Gasteiger partial charge in [0.2, 0.25) is 0 Å². The molecule has 6 nitrogen and oxygen atoms in total. The van der Waals surface area contributed by atoms with Crippen LogP contribution in [0.4, 0.5) is 5.82 Å². The Hall–Kier alpha value is -2.37. The highest BCUT2D eigenvalue weighted by molar-refractivity contribution is 5.94. The first-order valence-electron chi connectivity index (χ1n) is 9.22. The lowest BCUT2D eigenvalue weighted by Crippen LogP contribution is -2.38. The van der Waals surface area contributed by atoms with Crippen molar-refractivity contribution < 1.29 is 4.79 Å². The van der Waals surface area contributed by atoms with Crippen molar-refractivity contribution in [2.24, 2.45) is 0 Å². The van der Waals surface area contributed by atoms with E-state index in [0.29, 0.717) is 5.56 Å². The van der Waals surface area contributed by atoms with Gasteiger partial charge in [-0.05, 0) is 50.3 Å². The van der Waals surface area contributed by atoms with E-state index >= 15 is 0 Å². The fourth-order valence-corrected chi connectivity index (χ4v) is 3.89. The lowest BCUT2D eigenvalue weighted by atomic mass is 10.2. The van der Waals surface area contributed by atoms with Crippen LogP contribution in [0.2, 0.25) is 0 Å². The van der Waals surface area contributed by atoms with Crippen molar-refractivity contribution in [2.45, 2.75) is 45.2 Å². The molecule has 2 fully saturated rings. The molecule has 0 saturated carbocycles. The number of aryl methyl sites for hydroxylation is 1. The Labute approximate surface area is 148 Å². The van der Waals surface area contributed by atoms with Crippen LogP contribution in [0, 0.1) is 6.92 Å². The lowest BCUT2D eigenvalue weighted by Gasteiger charge is -2.25. The van der Waals surface area contributed by atoms with Gasteiger partial charge >= 0.3 is 0 Å². The molecule has 2 saturated heterocycles. The Morgan fingerprint density at radius 2 is 2.00 bits per heavy atom. The average molecular weight is 339 g/mol. The zero-order chi connectivity index (χ0) is 17.2. The molecule has 2 aromatic heterocycles. The standard InChI is InChI=1S/C19H25N5O/c1-15-11-21-23(13-15)14-17-5-4-10-24(17)19(25)16-6-7-18(20-12-16)22-8-2-3-9-22/h6-7,11-13,17H,2-5,8-10,14H2,1H3/t17-/m1/s1. The number of hydrogen-bond donors (Lipinski definition) is 0. The highest BCUT2D eigenvalue weighted by Crippen LogP contribution is 2.23. The Balaban J connectivity index is 1.45. The average Bonchev–Trinajstić information content (AvgIpc) is 3.37. The number of nitrogens with zero attached hydrogens (tertiary/aromatic N) is 5. The largest absolute Gasteiger partial charge is 0.357 e. The minimum Gasteiger partial charge on any atom is -0.357 e. The van der Waals surface area contributed by atoms with Gasteiger partial charge in [-0.25, -0.2) is 4.98 Å². The number of hydrogen-bond acceptors (Lipinski definition) is 4. The predicted octanol–water partition coefficient (Wildman–Crippen LogP) is 2.49. The van der Waals surface area contributed by atoms with Crippen LogP contribution in [0.5, 0.6) is 0 Å². The minimum atomic E-state index is 0.0897. The number of amides is 1. The van der Waals surface area contributed by atoms with Crippen LogP contribution in [0.15, 0.2) is 30.7 Å². The number of aromatic nitrogens is 3. The molecule has 1 atom stereocenters. The fourth-order valence-electron chi connectivity index (χ4n) is 3.89. The molecule has 2 aliphatic rings. The van der Waals surface area contributed by atoms with Gasteiger partial charge in [-0.1, -0.05) is 0 Å². The van der Waals surface area contributed by atoms with Gasteiger partial charge in [0.25, 0.3) is 5.91 Å². The maximum atomic E-state index is 12.9. The molecule has 2 aliphatic heterocycles. The van der Waals surface area contributed by atoms with Gasteiger partial charge in [-0.3, -0.25) is 9.48 Å². The van der Waals surface area contributed by atoms with Crippen LogP contribution in [-0.2, 0) is 6.54 Å². The zero-order valence-electron chi connectivity index (χ0n) is 14.8. The number of carbonyl (C=O) groups is 1. The van der Waals surface area contributed by atoms with Crippen molar-refractivity contribution in [1.29, 1.82) is 0 Å². The Kier molecular flexibility index (Phi) is 4.42. The van der Waals surface area contributed by atoms with E-state index < -0.39 is 0 Å². The van der Waals surface area contributed by atoms with Crippen LogP contribution in [-0.4, -0.2) is 51.2 Å². The van der Waals surface area contributed by atoms with Crippen molar-refractivity contribution in [2.75, 3.05) is 24.5 Å². The molecule has 4 rings (SSSR count). The summed E-state index contributed by atoms with van der Waals surface area (Å²) in [5.74, 6) is 1.07. The maximum Gasteiger partial charge on any atom is 0.255 e. The summed E-state index contributed by atoms with van der Waals surface area (Å²) in [5, 5.41) is 4.36. The normalized spacial score (nSPS) is 20.4. The molecule has 6 heteroatoms. The number of likely N-dealkylation sites (tertiary alicyclic amines) is 1. The monoisotopic (exact) mass is 339 g/mol. The summed E-state index contributed by atoms with van der Waals surface area (Å²) >= 11 is 0. The second-order valence-electron chi connectivity index (χ2n) is 7.13. The molecule has 0 bridgehead atoms. The van der Waals surface area contributed by atoms with E-state index in [1.807, 2.05) is 41.0 Å². The molecular formula is C19H25N5O. The molecule has 0 aliphatic carbocycles. The van der Waals surface area contributed by atoms with Crippen molar-refractivity contribution in [1.82, 2.24) is 19.7 Å². The van der Waals surface area contributed by atoms with Crippen LogP contribution in [0.3, 0.4) is 0 Å². The summed E-state index contributed by atoms with van der Waals surface area (Å²) in [4.78, 5) is 21.7. The second kappa shape index (κ2) is 6.86. The third-order valence-corrected chi connectivity index (χ3v) is 5.22. The first-order valence-corrected chi connectivity index (χ1v) is 9.22. The van der Waals surface area contributed by atoms with E-state index in [1.165, 1.54) is 12.8 Å². The Morgan fingerprint density at radius 3 is 2.68 bits per heavy atom.